The molecule has 2 heterocycles. The molecule has 1 aromatic carbocycles. The number of nitrogens with zero attached hydrogens (tertiary/aromatic N) is 3. The van der Waals surface area contributed by atoms with E-state index in [0.29, 0.717) is 31.4 Å². The number of hydrogen-bond donors (Lipinski definition) is 1. The summed E-state index contributed by atoms with van der Waals surface area (Å²) in [6.45, 7) is 3.14. The lowest BCUT2D eigenvalue weighted by molar-refractivity contribution is -0.274. The third-order valence-electron chi connectivity index (χ3n) is 4.50. The molecule has 1 fully saturated rings. The highest BCUT2D eigenvalue weighted by Gasteiger charge is 2.31. The number of anilines is 2. The van der Waals surface area contributed by atoms with Crippen LogP contribution < -0.4 is 15.0 Å². The first-order valence-electron chi connectivity index (χ1n) is 8.60. The third kappa shape index (κ3) is 4.00. The quantitative estimate of drug-likeness (QED) is 0.894. The summed E-state index contributed by atoms with van der Waals surface area (Å²) in [5.41, 5.74) is 1.86. The number of nitrogens with one attached hydrogen (secondary N) is 1. The van der Waals surface area contributed by atoms with Crippen LogP contribution in [-0.2, 0) is 13.0 Å². The van der Waals surface area contributed by atoms with Gasteiger partial charge in [0.05, 0.1) is 0 Å². The molecular formula is C18H19F3N4O. The summed E-state index contributed by atoms with van der Waals surface area (Å²) in [6, 6.07) is 6.98. The fourth-order valence-corrected chi connectivity index (χ4v) is 3.15. The Labute approximate surface area is 149 Å². The van der Waals surface area contributed by atoms with E-state index in [2.05, 4.69) is 24.9 Å². The van der Waals surface area contributed by atoms with Crippen molar-refractivity contribution in [1.82, 2.24) is 9.97 Å². The van der Waals surface area contributed by atoms with Crippen molar-refractivity contribution >= 4 is 11.6 Å². The summed E-state index contributed by atoms with van der Waals surface area (Å²) in [7, 11) is 0. The molecule has 0 bridgehead atoms. The number of ether oxygens (including phenoxy) is 1. The molecule has 0 atom stereocenters. The number of benzene rings is 1. The second-order valence-corrected chi connectivity index (χ2v) is 6.73. The standard InChI is InChI=1S/C18H19F3N4O/c1-11-22-16(24-14-3-4-14)9-17(23-11)25-7-6-12-8-15(26-18(19,20)21)5-2-13(12)10-25/h2,5,8-9,14H,3-4,6-7,10H2,1H3,(H,22,23,24). The Bertz CT molecular complexity index is 821. The van der Waals surface area contributed by atoms with Crippen LogP contribution in [0.15, 0.2) is 24.3 Å². The van der Waals surface area contributed by atoms with Crippen LogP contribution in [0.3, 0.4) is 0 Å². The van der Waals surface area contributed by atoms with Gasteiger partial charge in [-0.1, -0.05) is 6.07 Å². The van der Waals surface area contributed by atoms with Crippen molar-refractivity contribution in [3.63, 3.8) is 0 Å². The Morgan fingerprint density at radius 2 is 1.96 bits per heavy atom. The topological polar surface area (TPSA) is 50.3 Å². The maximum Gasteiger partial charge on any atom is 0.573 e. The Morgan fingerprint density at radius 3 is 2.69 bits per heavy atom. The minimum Gasteiger partial charge on any atom is -0.406 e. The summed E-state index contributed by atoms with van der Waals surface area (Å²) in [6.07, 6.45) is -1.70. The van der Waals surface area contributed by atoms with Gasteiger partial charge >= 0.3 is 6.36 Å². The average Bonchev–Trinajstić information content (AvgIpc) is 3.36. The van der Waals surface area contributed by atoms with E-state index in [0.717, 1.165) is 35.6 Å². The van der Waals surface area contributed by atoms with E-state index in [-0.39, 0.29) is 5.75 Å². The number of hydrogen-bond acceptors (Lipinski definition) is 5. The SMILES string of the molecule is Cc1nc(NC2CC2)cc(N2CCc3cc(OC(F)(F)F)ccc3C2)n1. The highest BCUT2D eigenvalue weighted by Crippen LogP contribution is 2.30. The molecule has 1 saturated carbocycles. The van der Waals surface area contributed by atoms with E-state index in [4.69, 9.17) is 0 Å². The van der Waals surface area contributed by atoms with Gasteiger partial charge < -0.3 is 15.0 Å². The van der Waals surface area contributed by atoms with Crippen molar-refractivity contribution in [2.45, 2.75) is 45.1 Å². The molecule has 138 valence electrons. The summed E-state index contributed by atoms with van der Waals surface area (Å²) in [5.74, 6) is 2.19. The molecule has 1 aromatic heterocycles. The molecule has 0 saturated heterocycles. The van der Waals surface area contributed by atoms with Crippen molar-refractivity contribution < 1.29 is 17.9 Å². The van der Waals surface area contributed by atoms with Gasteiger partial charge in [0.25, 0.3) is 0 Å². The monoisotopic (exact) mass is 364 g/mol. The Hall–Kier alpha value is -2.51. The zero-order chi connectivity index (χ0) is 18.3. The molecule has 1 aliphatic heterocycles. The van der Waals surface area contributed by atoms with Gasteiger partial charge in [-0.25, -0.2) is 9.97 Å². The second-order valence-electron chi connectivity index (χ2n) is 6.73. The van der Waals surface area contributed by atoms with Gasteiger partial charge in [-0.15, -0.1) is 13.2 Å². The number of fused-ring (bicyclic) bond motifs is 1. The molecule has 8 heteroatoms. The fourth-order valence-electron chi connectivity index (χ4n) is 3.15. The first kappa shape index (κ1) is 16.9. The van der Waals surface area contributed by atoms with Crippen LogP contribution in [0.2, 0.25) is 0 Å². The lowest BCUT2D eigenvalue weighted by atomic mass is 9.99. The highest BCUT2D eigenvalue weighted by molar-refractivity contribution is 5.52. The van der Waals surface area contributed by atoms with Crippen molar-refractivity contribution in [2.75, 3.05) is 16.8 Å². The van der Waals surface area contributed by atoms with E-state index in [1.807, 2.05) is 13.0 Å². The van der Waals surface area contributed by atoms with E-state index in [9.17, 15) is 13.2 Å². The van der Waals surface area contributed by atoms with Crippen LogP contribution in [0.4, 0.5) is 24.8 Å². The van der Waals surface area contributed by atoms with Crippen molar-refractivity contribution in [2.24, 2.45) is 0 Å². The van der Waals surface area contributed by atoms with Crippen LogP contribution in [0, 0.1) is 6.92 Å². The van der Waals surface area contributed by atoms with Crippen molar-refractivity contribution in [1.29, 1.82) is 0 Å². The molecule has 1 N–H and O–H groups in total. The number of aromatic nitrogens is 2. The van der Waals surface area contributed by atoms with Gasteiger partial charge in [0, 0.05) is 25.2 Å². The fraction of sp³-hybridized carbons (Fsp3) is 0.444. The van der Waals surface area contributed by atoms with E-state index in [1.54, 1.807) is 6.07 Å². The summed E-state index contributed by atoms with van der Waals surface area (Å²) < 4.78 is 41.1. The molecule has 26 heavy (non-hydrogen) atoms. The molecule has 0 radical (unpaired) electrons. The maximum atomic E-state index is 12.4. The molecule has 5 nitrogen and oxygen atoms in total. The first-order chi connectivity index (χ1) is 12.4. The smallest absolute Gasteiger partial charge is 0.406 e. The third-order valence-corrected chi connectivity index (χ3v) is 4.50. The van der Waals surface area contributed by atoms with Crippen LogP contribution in [-0.4, -0.2) is 28.9 Å². The normalized spacial score (nSPS) is 17.0. The summed E-state index contributed by atoms with van der Waals surface area (Å²) in [4.78, 5) is 11.1. The molecule has 4 rings (SSSR count). The number of aryl methyl sites for hydroxylation is 1. The van der Waals surface area contributed by atoms with Gasteiger partial charge in [-0.2, -0.15) is 0 Å². The van der Waals surface area contributed by atoms with Gasteiger partial charge in [0.15, 0.2) is 0 Å². The van der Waals surface area contributed by atoms with Gasteiger partial charge in [0.2, 0.25) is 0 Å². The predicted octanol–water partition coefficient (Wildman–Crippen LogP) is 3.82. The minimum atomic E-state index is -4.67. The average molecular weight is 364 g/mol. The van der Waals surface area contributed by atoms with E-state index >= 15 is 0 Å². The van der Waals surface area contributed by atoms with Crippen LogP contribution >= 0.6 is 0 Å². The zero-order valence-corrected chi connectivity index (χ0v) is 14.3. The largest absolute Gasteiger partial charge is 0.573 e. The Morgan fingerprint density at radius 1 is 1.15 bits per heavy atom. The summed E-state index contributed by atoms with van der Waals surface area (Å²) >= 11 is 0. The molecule has 1 aliphatic carbocycles. The Balaban J connectivity index is 1.52. The van der Waals surface area contributed by atoms with Crippen LogP contribution in [0.5, 0.6) is 5.75 Å². The minimum absolute atomic E-state index is 0.168. The predicted molar refractivity (Wildman–Crippen MR) is 91.3 cm³/mol. The number of alkyl halides is 3. The number of rotatable bonds is 4. The van der Waals surface area contributed by atoms with Gasteiger partial charge in [-0.05, 0) is 49.4 Å². The maximum absolute atomic E-state index is 12.4. The molecule has 0 spiro atoms. The van der Waals surface area contributed by atoms with Crippen LogP contribution in [0.25, 0.3) is 0 Å². The zero-order valence-electron chi connectivity index (χ0n) is 14.3. The van der Waals surface area contributed by atoms with Crippen LogP contribution in [0.1, 0.15) is 29.8 Å². The van der Waals surface area contributed by atoms with Gasteiger partial charge in [0.1, 0.15) is 23.2 Å². The lowest BCUT2D eigenvalue weighted by Crippen LogP contribution is -2.31. The molecule has 2 aromatic rings. The van der Waals surface area contributed by atoms with Crippen molar-refractivity contribution in [3.8, 4) is 5.75 Å². The van der Waals surface area contributed by atoms with Gasteiger partial charge in [-0.3, -0.25) is 0 Å². The van der Waals surface area contributed by atoms with Crippen molar-refractivity contribution in [3.05, 3.63) is 41.2 Å². The first-order valence-corrected chi connectivity index (χ1v) is 8.60. The second kappa shape index (κ2) is 6.34. The summed E-state index contributed by atoms with van der Waals surface area (Å²) in [5, 5.41) is 3.38. The van der Waals surface area contributed by atoms with E-state index in [1.165, 1.54) is 12.1 Å². The molecule has 0 amide bonds. The molecular weight excluding hydrogens is 345 g/mol. The molecule has 0 unspecified atom stereocenters. The lowest BCUT2D eigenvalue weighted by Gasteiger charge is -2.30. The Kier molecular flexibility index (Phi) is 4.13. The molecule has 2 aliphatic rings. The number of halogens is 3. The highest BCUT2D eigenvalue weighted by atomic mass is 19.4. The van der Waals surface area contributed by atoms with E-state index < -0.39 is 6.36 Å².